The Morgan fingerprint density at radius 2 is 1.91 bits per heavy atom. The molecule has 1 aromatic carbocycles. The average Bonchev–Trinajstić information content (AvgIpc) is 3.51. The van der Waals surface area contributed by atoms with E-state index >= 15 is 0 Å². The minimum Gasteiger partial charge on any atom is -0.338 e. The fourth-order valence-corrected chi connectivity index (χ4v) is 5.15. The van der Waals surface area contributed by atoms with Gasteiger partial charge in [-0.15, -0.1) is 0 Å². The van der Waals surface area contributed by atoms with Gasteiger partial charge in [0, 0.05) is 43.5 Å². The van der Waals surface area contributed by atoms with Crippen LogP contribution in [-0.2, 0) is 13.1 Å². The second kappa shape index (κ2) is 9.34. The zero-order valence-corrected chi connectivity index (χ0v) is 19.5. The van der Waals surface area contributed by atoms with Gasteiger partial charge in [-0.1, -0.05) is 19.3 Å². The molecule has 2 fully saturated rings. The molecule has 6 rings (SSSR count). The number of anilines is 2. The lowest BCUT2D eigenvalue weighted by Crippen LogP contribution is -2.36. The van der Waals surface area contributed by atoms with E-state index in [0.717, 1.165) is 41.7 Å². The summed E-state index contributed by atoms with van der Waals surface area (Å²) in [6.07, 6.45) is 10.1. The molecule has 8 nitrogen and oxygen atoms in total. The maximum atomic E-state index is 12.9. The second-order valence-corrected chi connectivity index (χ2v) is 9.49. The molecule has 3 aliphatic rings. The Kier molecular flexibility index (Phi) is 6.10. The van der Waals surface area contributed by atoms with Gasteiger partial charge in [0.1, 0.15) is 5.39 Å². The van der Waals surface area contributed by atoms with Crippen molar-refractivity contribution in [1.29, 1.82) is 5.26 Å². The standard InChI is InChI=1S/C24H27N5O2.C2H3N/c30-23-21-20(10-11-25-23)29(13-15-6-7-15)27-22(21)26-17-8-9-19-16(12-17)14-28(24(19)31)18-4-2-1-3-5-18;1-2-3/h8-12,15,18H,1-7,13-14H2,(H,25,30)(H,26,27);1H3. The number of carbonyl (C=O) groups excluding carboxylic acids is 1. The van der Waals surface area contributed by atoms with E-state index in [0.29, 0.717) is 29.7 Å². The molecule has 0 unspecified atom stereocenters. The molecule has 2 N–H and O–H groups in total. The van der Waals surface area contributed by atoms with Gasteiger partial charge in [-0.25, -0.2) is 0 Å². The number of carbonyl (C=O) groups is 1. The maximum absolute atomic E-state index is 12.9. The van der Waals surface area contributed by atoms with Crippen LogP contribution in [0, 0.1) is 17.2 Å². The van der Waals surface area contributed by atoms with Crippen LogP contribution >= 0.6 is 0 Å². The van der Waals surface area contributed by atoms with Gasteiger partial charge in [0.05, 0.1) is 11.6 Å². The SMILES string of the molecule is CC#N.O=C1c2ccc(Nc3nn(CC4CC4)c4cc[nH]c(=O)c34)cc2CN1C1CCCCC1. The first kappa shape index (κ1) is 22.2. The maximum Gasteiger partial charge on any atom is 0.261 e. The normalized spacial score (nSPS) is 17.8. The third kappa shape index (κ3) is 4.30. The van der Waals surface area contributed by atoms with E-state index in [1.165, 1.54) is 39.0 Å². The Labute approximate surface area is 198 Å². The highest BCUT2D eigenvalue weighted by atomic mass is 16.2. The second-order valence-electron chi connectivity index (χ2n) is 9.49. The van der Waals surface area contributed by atoms with E-state index in [2.05, 4.69) is 15.2 Å². The van der Waals surface area contributed by atoms with Crippen LogP contribution in [0.1, 0.15) is 67.8 Å². The molecule has 34 heavy (non-hydrogen) atoms. The first-order valence-corrected chi connectivity index (χ1v) is 12.2. The Morgan fingerprint density at radius 3 is 2.65 bits per heavy atom. The summed E-state index contributed by atoms with van der Waals surface area (Å²) in [4.78, 5) is 30.3. The number of nitriles is 1. The number of amides is 1. The molecular formula is C26H30N6O2. The van der Waals surface area contributed by atoms with E-state index in [1.807, 2.05) is 28.9 Å². The summed E-state index contributed by atoms with van der Waals surface area (Å²) in [6.45, 7) is 2.95. The summed E-state index contributed by atoms with van der Waals surface area (Å²) in [7, 11) is 0. The summed E-state index contributed by atoms with van der Waals surface area (Å²) < 4.78 is 1.95. The number of fused-ring (bicyclic) bond motifs is 2. The Bertz CT molecular complexity index is 1310. The van der Waals surface area contributed by atoms with E-state index in [-0.39, 0.29) is 11.5 Å². The minimum atomic E-state index is -0.137. The molecule has 0 spiro atoms. The van der Waals surface area contributed by atoms with Gasteiger partial charge in [-0.3, -0.25) is 14.3 Å². The molecule has 0 atom stereocenters. The van der Waals surface area contributed by atoms with Crippen molar-refractivity contribution in [2.45, 2.75) is 71.0 Å². The van der Waals surface area contributed by atoms with Crippen LogP contribution in [0.4, 0.5) is 11.5 Å². The van der Waals surface area contributed by atoms with Crippen LogP contribution in [0.25, 0.3) is 10.9 Å². The fourth-order valence-electron chi connectivity index (χ4n) is 5.15. The van der Waals surface area contributed by atoms with Crippen molar-refractivity contribution < 1.29 is 4.79 Å². The van der Waals surface area contributed by atoms with Crippen molar-refractivity contribution in [3.8, 4) is 6.07 Å². The first-order chi connectivity index (χ1) is 16.6. The van der Waals surface area contributed by atoms with E-state index in [9.17, 15) is 9.59 Å². The largest absolute Gasteiger partial charge is 0.338 e. The number of hydrogen-bond donors (Lipinski definition) is 2. The van der Waals surface area contributed by atoms with Crippen molar-refractivity contribution in [2.75, 3.05) is 5.32 Å². The number of aromatic amines is 1. The van der Waals surface area contributed by atoms with Gasteiger partial charge in [0.15, 0.2) is 5.82 Å². The zero-order chi connectivity index (χ0) is 23.7. The predicted octanol–water partition coefficient (Wildman–Crippen LogP) is 4.70. The molecule has 2 aromatic heterocycles. The van der Waals surface area contributed by atoms with Crippen LogP contribution in [0.2, 0.25) is 0 Å². The summed E-state index contributed by atoms with van der Waals surface area (Å²) in [5, 5.41) is 16.0. The van der Waals surface area contributed by atoms with Crippen LogP contribution < -0.4 is 10.9 Å². The predicted molar refractivity (Wildman–Crippen MR) is 131 cm³/mol. The van der Waals surface area contributed by atoms with Crippen LogP contribution in [0.15, 0.2) is 35.3 Å². The number of hydrogen-bond acceptors (Lipinski definition) is 5. The van der Waals surface area contributed by atoms with E-state index in [1.54, 1.807) is 12.3 Å². The number of nitrogens with one attached hydrogen (secondary N) is 2. The number of aromatic nitrogens is 3. The lowest BCUT2D eigenvalue weighted by atomic mass is 9.94. The number of H-pyrrole nitrogens is 1. The Balaban J connectivity index is 0.000000764. The highest BCUT2D eigenvalue weighted by molar-refractivity contribution is 5.99. The quantitative estimate of drug-likeness (QED) is 0.576. The first-order valence-electron chi connectivity index (χ1n) is 12.2. The van der Waals surface area contributed by atoms with Crippen molar-refractivity contribution in [1.82, 2.24) is 19.7 Å². The number of nitrogens with zero attached hydrogens (tertiary/aromatic N) is 4. The molecule has 2 aliphatic carbocycles. The highest BCUT2D eigenvalue weighted by Gasteiger charge is 2.33. The van der Waals surface area contributed by atoms with Crippen LogP contribution in [-0.4, -0.2) is 31.6 Å². The minimum absolute atomic E-state index is 0.137. The average molecular weight is 459 g/mol. The summed E-state index contributed by atoms with van der Waals surface area (Å²) in [5.74, 6) is 1.39. The smallest absolute Gasteiger partial charge is 0.261 e. The van der Waals surface area contributed by atoms with Gasteiger partial charge in [0.2, 0.25) is 0 Å². The van der Waals surface area contributed by atoms with Gasteiger partial charge >= 0.3 is 0 Å². The molecule has 0 radical (unpaired) electrons. The molecule has 3 heterocycles. The summed E-state index contributed by atoms with van der Waals surface area (Å²) in [5.41, 5.74) is 3.44. The third-order valence-electron chi connectivity index (χ3n) is 7.02. The summed E-state index contributed by atoms with van der Waals surface area (Å²) >= 11 is 0. The number of benzene rings is 1. The molecule has 3 aromatic rings. The van der Waals surface area contributed by atoms with Gasteiger partial charge in [-0.2, -0.15) is 10.4 Å². The fraction of sp³-hybridized carbons (Fsp3) is 0.462. The van der Waals surface area contributed by atoms with Crippen molar-refractivity contribution in [3.05, 3.63) is 51.9 Å². The lowest BCUT2D eigenvalue weighted by molar-refractivity contribution is 0.0660. The number of rotatable bonds is 5. The van der Waals surface area contributed by atoms with Crippen LogP contribution in [0.3, 0.4) is 0 Å². The van der Waals surface area contributed by atoms with Crippen molar-refractivity contribution in [3.63, 3.8) is 0 Å². The molecule has 1 aliphatic heterocycles. The molecule has 2 saturated carbocycles. The monoisotopic (exact) mass is 458 g/mol. The van der Waals surface area contributed by atoms with Gasteiger partial charge in [0.25, 0.3) is 11.5 Å². The van der Waals surface area contributed by atoms with Crippen molar-refractivity contribution in [2.24, 2.45) is 5.92 Å². The Hall–Kier alpha value is -3.60. The molecule has 176 valence electrons. The van der Waals surface area contributed by atoms with Gasteiger partial charge in [-0.05, 0) is 61.4 Å². The lowest BCUT2D eigenvalue weighted by Gasteiger charge is -2.30. The molecular weight excluding hydrogens is 428 g/mol. The van der Waals surface area contributed by atoms with Crippen molar-refractivity contribution >= 4 is 28.3 Å². The number of pyridine rings is 1. The topological polar surface area (TPSA) is 107 Å². The summed E-state index contributed by atoms with van der Waals surface area (Å²) in [6, 6.07) is 9.91. The molecule has 1 amide bonds. The van der Waals surface area contributed by atoms with E-state index in [4.69, 9.17) is 10.4 Å². The third-order valence-corrected chi connectivity index (χ3v) is 7.02. The van der Waals surface area contributed by atoms with E-state index < -0.39 is 0 Å². The molecule has 8 heteroatoms. The molecule has 0 bridgehead atoms. The molecule has 0 saturated heterocycles. The zero-order valence-electron chi connectivity index (χ0n) is 19.5. The highest BCUT2D eigenvalue weighted by Crippen LogP contribution is 2.34. The van der Waals surface area contributed by atoms with Gasteiger partial charge < -0.3 is 15.2 Å². The van der Waals surface area contributed by atoms with Crippen LogP contribution in [0.5, 0.6) is 0 Å². The Morgan fingerprint density at radius 1 is 1.15 bits per heavy atom.